The number of amides is 3. The molecule has 0 N–H and O–H groups in total. The Morgan fingerprint density at radius 3 is 2.27 bits per heavy atom. The summed E-state index contributed by atoms with van der Waals surface area (Å²) in [6.07, 6.45) is 2.16. The summed E-state index contributed by atoms with van der Waals surface area (Å²) in [5.41, 5.74) is 2.59. The van der Waals surface area contributed by atoms with Crippen molar-refractivity contribution < 1.29 is 14.4 Å². The van der Waals surface area contributed by atoms with Gasteiger partial charge in [-0.3, -0.25) is 14.4 Å². The quantitative estimate of drug-likeness (QED) is 0.694. The smallest absolute Gasteiger partial charge is 0.241 e. The zero-order valence-electron chi connectivity index (χ0n) is 19.2. The summed E-state index contributed by atoms with van der Waals surface area (Å²) in [6.45, 7) is 1.59. The van der Waals surface area contributed by atoms with Crippen molar-refractivity contribution in [1.29, 1.82) is 0 Å². The lowest BCUT2D eigenvalue weighted by Gasteiger charge is -2.42. The molecule has 0 aliphatic carbocycles. The van der Waals surface area contributed by atoms with Crippen molar-refractivity contribution >= 4 is 29.3 Å². The van der Waals surface area contributed by atoms with E-state index in [1.807, 2.05) is 35.2 Å². The van der Waals surface area contributed by atoms with Crippen LogP contribution < -0.4 is 0 Å². The van der Waals surface area contributed by atoms with Crippen LogP contribution in [0.4, 0.5) is 0 Å². The van der Waals surface area contributed by atoms with Gasteiger partial charge in [-0.25, -0.2) is 0 Å². The highest BCUT2D eigenvalue weighted by Gasteiger charge is 2.46. The maximum atomic E-state index is 13.8. The standard InChI is InChI=1S/C26H30ClN3O3/c1-28(2)24(32)18-30-17-21-6-4-3-5-20(21)16-26(25(30)33)11-13-29(14-12-26)23(31)15-19-7-9-22(27)10-8-19/h3-10H,11-18H2,1-2H3. The summed E-state index contributed by atoms with van der Waals surface area (Å²) < 4.78 is 0. The Hall–Kier alpha value is -2.86. The van der Waals surface area contributed by atoms with Crippen molar-refractivity contribution in [3.05, 3.63) is 70.2 Å². The summed E-state index contributed by atoms with van der Waals surface area (Å²) in [4.78, 5) is 44.2. The summed E-state index contributed by atoms with van der Waals surface area (Å²) in [5.74, 6) is 0.000412. The molecule has 0 atom stereocenters. The molecule has 1 spiro atoms. The molecule has 7 heteroatoms. The number of halogens is 1. The first kappa shape index (κ1) is 23.3. The van der Waals surface area contributed by atoms with Crippen molar-refractivity contribution in [3.8, 4) is 0 Å². The SMILES string of the molecule is CN(C)C(=O)CN1Cc2ccccc2CC2(CCN(C(=O)Cc3ccc(Cl)cc3)CC2)C1=O. The van der Waals surface area contributed by atoms with Crippen LogP contribution in [-0.4, -0.2) is 66.2 Å². The van der Waals surface area contributed by atoms with Gasteiger partial charge in [-0.05, 0) is 48.1 Å². The molecule has 0 unspecified atom stereocenters. The topological polar surface area (TPSA) is 60.9 Å². The predicted octanol–water partition coefficient (Wildman–Crippen LogP) is 3.16. The van der Waals surface area contributed by atoms with Crippen LogP contribution in [0.5, 0.6) is 0 Å². The third kappa shape index (κ3) is 5.06. The van der Waals surface area contributed by atoms with E-state index >= 15 is 0 Å². The molecule has 2 heterocycles. The zero-order chi connectivity index (χ0) is 23.6. The molecule has 0 aromatic heterocycles. The fourth-order valence-electron chi connectivity index (χ4n) is 4.83. The van der Waals surface area contributed by atoms with Gasteiger partial charge in [0.25, 0.3) is 0 Å². The summed E-state index contributed by atoms with van der Waals surface area (Å²) in [5, 5.41) is 0.649. The number of likely N-dealkylation sites (tertiary alicyclic amines) is 1. The molecule has 2 aromatic rings. The number of nitrogens with zero attached hydrogens (tertiary/aromatic N) is 3. The maximum Gasteiger partial charge on any atom is 0.241 e. The van der Waals surface area contributed by atoms with Crippen LogP contribution in [0.2, 0.25) is 5.02 Å². The summed E-state index contributed by atoms with van der Waals surface area (Å²) >= 11 is 5.95. The lowest BCUT2D eigenvalue weighted by Crippen LogP contribution is -2.52. The van der Waals surface area contributed by atoms with E-state index in [-0.39, 0.29) is 24.3 Å². The van der Waals surface area contributed by atoms with Gasteiger partial charge in [0.15, 0.2) is 0 Å². The minimum atomic E-state index is -0.587. The Kier molecular flexibility index (Phi) is 6.75. The maximum absolute atomic E-state index is 13.8. The van der Waals surface area contributed by atoms with E-state index < -0.39 is 5.41 Å². The lowest BCUT2D eigenvalue weighted by atomic mass is 9.72. The predicted molar refractivity (Wildman–Crippen MR) is 128 cm³/mol. The molecule has 3 amide bonds. The fraction of sp³-hybridized carbons (Fsp3) is 0.423. The van der Waals surface area contributed by atoms with Gasteiger partial charge in [0.05, 0.1) is 11.8 Å². The molecule has 4 rings (SSSR count). The highest BCUT2D eigenvalue weighted by atomic mass is 35.5. The van der Waals surface area contributed by atoms with E-state index in [4.69, 9.17) is 11.6 Å². The number of fused-ring (bicyclic) bond motifs is 1. The Morgan fingerprint density at radius 1 is 1.00 bits per heavy atom. The van der Waals surface area contributed by atoms with Gasteiger partial charge in [0.2, 0.25) is 17.7 Å². The first-order chi connectivity index (χ1) is 15.8. The number of carbonyl (C=O) groups excluding carboxylic acids is 3. The van der Waals surface area contributed by atoms with Gasteiger partial charge >= 0.3 is 0 Å². The largest absolute Gasteiger partial charge is 0.347 e. The molecule has 1 saturated heterocycles. The first-order valence-corrected chi connectivity index (χ1v) is 11.7. The molecule has 6 nitrogen and oxygen atoms in total. The number of likely N-dealkylation sites (N-methyl/N-ethyl adjacent to an activating group) is 1. The van der Waals surface area contributed by atoms with Crippen molar-refractivity contribution in [3.63, 3.8) is 0 Å². The van der Waals surface area contributed by atoms with E-state index in [1.54, 1.807) is 31.1 Å². The molecular weight excluding hydrogens is 438 g/mol. The van der Waals surface area contributed by atoms with Crippen molar-refractivity contribution in [2.45, 2.75) is 32.2 Å². The average molecular weight is 468 g/mol. The normalized spacial score (nSPS) is 17.5. The fourth-order valence-corrected chi connectivity index (χ4v) is 4.96. The van der Waals surface area contributed by atoms with Crippen LogP contribution >= 0.6 is 11.6 Å². The van der Waals surface area contributed by atoms with Crippen LogP contribution in [0.25, 0.3) is 0 Å². The second-order valence-corrected chi connectivity index (χ2v) is 9.80. The van der Waals surface area contributed by atoms with Gasteiger partial charge in [0, 0.05) is 38.8 Å². The molecular formula is C26H30ClN3O3. The second-order valence-electron chi connectivity index (χ2n) is 9.36. The zero-order valence-corrected chi connectivity index (χ0v) is 20.0. The monoisotopic (exact) mass is 467 g/mol. The van der Waals surface area contributed by atoms with E-state index in [1.165, 1.54) is 4.90 Å². The van der Waals surface area contributed by atoms with Gasteiger partial charge in [-0.2, -0.15) is 0 Å². The van der Waals surface area contributed by atoms with Crippen LogP contribution in [0.3, 0.4) is 0 Å². The molecule has 0 bridgehead atoms. The molecule has 1 fully saturated rings. The molecule has 2 aromatic carbocycles. The third-order valence-corrected chi connectivity index (χ3v) is 7.17. The van der Waals surface area contributed by atoms with Gasteiger partial charge in [-0.1, -0.05) is 48.0 Å². The minimum Gasteiger partial charge on any atom is -0.347 e. The van der Waals surface area contributed by atoms with E-state index in [2.05, 4.69) is 6.07 Å². The van der Waals surface area contributed by atoms with Crippen LogP contribution in [-0.2, 0) is 33.8 Å². The van der Waals surface area contributed by atoms with Crippen LogP contribution in [0, 0.1) is 5.41 Å². The lowest BCUT2D eigenvalue weighted by molar-refractivity contribution is -0.151. The van der Waals surface area contributed by atoms with Crippen LogP contribution in [0.15, 0.2) is 48.5 Å². The van der Waals surface area contributed by atoms with E-state index in [0.717, 1.165) is 16.7 Å². The number of hydrogen-bond donors (Lipinski definition) is 0. The van der Waals surface area contributed by atoms with Crippen molar-refractivity contribution in [1.82, 2.24) is 14.7 Å². The van der Waals surface area contributed by atoms with E-state index in [9.17, 15) is 14.4 Å². The molecule has 33 heavy (non-hydrogen) atoms. The highest BCUT2D eigenvalue weighted by molar-refractivity contribution is 6.30. The highest BCUT2D eigenvalue weighted by Crippen LogP contribution is 2.40. The summed E-state index contributed by atoms with van der Waals surface area (Å²) in [7, 11) is 3.41. The van der Waals surface area contributed by atoms with Crippen LogP contribution in [0.1, 0.15) is 29.5 Å². The summed E-state index contributed by atoms with van der Waals surface area (Å²) in [6, 6.07) is 15.4. The number of benzene rings is 2. The number of piperidine rings is 1. The number of hydrogen-bond acceptors (Lipinski definition) is 3. The van der Waals surface area contributed by atoms with E-state index in [0.29, 0.717) is 50.3 Å². The molecule has 0 radical (unpaired) electrons. The molecule has 2 aliphatic heterocycles. The Labute approximate surface area is 200 Å². The third-order valence-electron chi connectivity index (χ3n) is 6.92. The van der Waals surface area contributed by atoms with Crippen molar-refractivity contribution in [2.75, 3.05) is 33.7 Å². The first-order valence-electron chi connectivity index (χ1n) is 11.4. The Morgan fingerprint density at radius 2 is 1.64 bits per heavy atom. The van der Waals surface area contributed by atoms with Gasteiger partial charge < -0.3 is 14.7 Å². The number of rotatable bonds is 4. The van der Waals surface area contributed by atoms with Crippen molar-refractivity contribution in [2.24, 2.45) is 5.41 Å². The number of carbonyl (C=O) groups is 3. The Balaban J connectivity index is 1.51. The molecule has 174 valence electrons. The van der Waals surface area contributed by atoms with Gasteiger partial charge in [-0.15, -0.1) is 0 Å². The molecule has 0 saturated carbocycles. The molecule has 2 aliphatic rings. The Bertz CT molecular complexity index is 1040. The second kappa shape index (κ2) is 9.56. The van der Waals surface area contributed by atoms with Gasteiger partial charge in [0.1, 0.15) is 6.54 Å². The minimum absolute atomic E-state index is 0.0266. The average Bonchev–Trinajstić information content (AvgIpc) is 2.91.